The SMILES string of the molecule is N#Cc1cc(-n2c3ccccc3c3c4c5ccccc5oc4c4c5ccccc5n(-c5ccccc5)c4c32)ccc1-c1nc(-c2ccccc2)c2ccccc2n1. The molecule has 4 aromatic heterocycles. The van der Waals surface area contributed by atoms with E-state index >= 15 is 0 Å². The van der Waals surface area contributed by atoms with Crippen LogP contribution in [0.2, 0.25) is 0 Å². The monoisotopic (exact) mass is 727 g/mol. The fourth-order valence-corrected chi connectivity index (χ4v) is 8.97. The summed E-state index contributed by atoms with van der Waals surface area (Å²) in [6, 6.07) is 62.8. The molecule has 0 fully saturated rings. The minimum atomic E-state index is 0.488. The summed E-state index contributed by atoms with van der Waals surface area (Å²) in [6.07, 6.45) is 0. The van der Waals surface area contributed by atoms with Gasteiger partial charge in [-0.05, 0) is 54.6 Å². The molecule has 0 aliphatic rings. The summed E-state index contributed by atoms with van der Waals surface area (Å²) in [5.41, 5.74) is 11.6. The number of aromatic nitrogens is 4. The quantitative estimate of drug-likeness (QED) is 0.181. The molecule has 264 valence electrons. The Balaban J connectivity index is 1.22. The zero-order valence-electron chi connectivity index (χ0n) is 30.4. The number of benzene rings is 8. The van der Waals surface area contributed by atoms with Crippen molar-refractivity contribution in [2.24, 2.45) is 0 Å². The molecule has 0 unspecified atom stereocenters. The number of fused-ring (bicyclic) bond motifs is 13. The minimum Gasteiger partial charge on any atom is -0.455 e. The molecule has 4 heterocycles. The van der Waals surface area contributed by atoms with Crippen LogP contribution in [0.25, 0.3) is 110 Å². The normalized spacial score (nSPS) is 11.8. The van der Waals surface area contributed by atoms with Gasteiger partial charge in [-0.15, -0.1) is 0 Å². The van der Waals surface area contributed by atoms with Crippen molar-refractivity contribution in [3.05, 3.63) is 181 Å². The zero-order valence-corrected chi connectivity index (χ0v) is 30.4. The minimum absolute atomic E-state index is 0.488. The number of hydrogen-bond donors (Lipinski definition) is 0. The summed E-state index contributed by atoms with van der Waals surface area (Å²) in [7, 11) is 0. The lowest BCUT2D eigenvalue weighted by Crippen LogP contribution is -2.01. The van der Waals surface area contributed by atoms with Gasteiger partial charge in [0.2, 0.25) is 0 Å². The van der Waals surface area contributed by atoms with Crippen molar-refractivity contribution in [1.29, 1.82) is 5.26 Å². The van der Waals surface area contributed by atoms with Crippen molar-refractivity contribution >= 4 is 76.5 Å². The van der Waals surface area contributed by atoms with Crippen LogP contribution in [0, 0.1) is 11.3 Å². The average Bonchev–Trinajstić information content (AvgIpc) is 3.94. The maximum absolute atomic E-state index is 10.9. The van der Waals surface area contributed by atoms with Crippen LogP contribution in [-0.4, -0.2) is 19.1 Å². The van der Waals surface area contributed by atoms with Crippen LogP contribution in [0.15, 0.2) is 180 Å². The first-order chi connectivity index (χ1) is 28.3. The molecule has 0 amide bonds. The Morgan fingerprint density at radius 1 is 0.491 bits per heavy atom. The summed E-state index contributed by atoms with van der Waals surface area (Å²) < 4.78 is 11.6. The van der Waals surface area contributed by atoms with E-state index in [0.717, 1.165) is 99.1 Å². The number of rotatable bonds is 4. The lowest BCUT2D eigenvalue weighted by Gasteiger charge is -2.14. The van der Waals surface area contributed by atoms with Gasteiger partial charge in [-0.2, -0.15) is 5.26 Å². The van der Waals surface area contributed by atoms with E-state index in [1.54, 1.807) is 0 Å². The molecule has 0 bridgehead atoms. The van der Waals surface area contributed by atoms with E-state index < -0.39 is 0 Å². The fourth-order valence-electron chi connectivity index (χ4n) is 8.97. The van der Waals surface area contributed by atoms with Gasteiger partial charge in [0.05, 0.1) is 50.3 Å². The molecule has 8 aromatic carbocycles. The van der Waals surface area contributed by atoms with Crippen LogP contribution < -0.4 is 0 Å². The van der Waals surface area contributed by atoms with E-state index in [9.17, 15) is 5.26 Å². The maximum Gasteiger partial charge on any atom is 0.161 e. The van der Waals surface area contributed by atoms with Gasteiger partial charge >= 0.3 is 0 Å². The van der Waals surface area contributed by atoms with E-state index in [1.165, 1.54) is 0 Å². The van der Waals surface area contributed by atoms with Crippen LogP contribution in [0.1, 0.15) is 5.56 Å². The van der Waals surface area contributed by atoms with E-state index in [1.807, 2.05) is 60.7 Å². The van der Waals surface area contributed by atoms with Crippen molar-refractivity contribution in [3.8, 4) is 40.1 Å². The van der Waals surface area contributed by atoms with Gasteiger partial charge in [0.1, 0.15) is 11.2 Å². The third-order valence-corrected chi connectivity index (χ3v) is 11.3. The number of nitrogens with zero attached hydrogens (tertiary/aromatic N) is 5. The third kappa shape index (κ3) is 4.45. The highest BCUT2D eigenvalue weighted by Gasteiger charge is 2.28. The first-order valence-electron chi connectivity index (χ1n) is 19.0. The third-order valence-electron chi connectivity index (χ3n) is 11.3. The Hall–Kier alpha value is -8.01. The van der Waals surface area contributed by atoms with Crippen molar-refractivity contribution in [1.82, 2.24) is 19.1 Å². The first-order valence-corrected chi connectivity index (χ1v) is 19.0. The van der Waals surface area contributed by atoms with Gasteiger partial charge in [0.25, 0.3) is 0 Å². The largest absolute Gasteiger partial charge is 0.455 e. The second kappa shape index (κ2) is 12.0. The number of furan rings is 1. The van der Waals surface area contributed by atoms with Crippen LogP contribution >= 0.6 is 0 Å². The molecule has 0 saturated carbocycles. The Labute approximate surface area is 325 Å². The first kappa shape index (κ1) is 31.4. The van der Waals surface area contributed by atoms with E-state index in [2.05, 4.69) is 130 Å². The lowest BCUT2D eigenvalue weighted by molar-refractivity contribution is 0.673. The smallest absolute Gasteiger partial charge is 0.161 e. The number of para-hydroxylation sites is 5. The van der Waals surface area contributed by atoms with Crippen LogP contribution in [0.3, 0.4) is 0 Å². The van der Waals surface area contributed by atoms with E-state index in [4.69, 9.17) is 14.4 Å². The lowest BCUT2D eigenvalue weighted by atomic mass is 10.0. The van der Waals surface area contributed by atoms with Gasteiger partial charge in [-0.25, -0.2) is 9.97 Å². The second-order valence-electron chi connectivity index (χ2n) is 14.4. The Morgan fingerprint density at radius 2 is 1.09 bits per heavy atom. The highest BCUT2D eigenvalue weighted by molar-refractivity contribution is 6.39. The van der Waals surface area contributed by atoms with Crippen molar-refractivity contribution < 1.29 is 4.42 Å². The molecule has 0 aliphatic heterocycles. The van der Waals surface area contributed by atoms with Crippen molar-refractivity contribution in [2.45, 2.75) is 0 Å². The van der Waals surface area contributed by atoms with Gasteiger partial charge in [-0.1, -0.05) is 121 Å². The van der Waals surface area contributed by atoms with E-state index in [-0.39, 0.29) is 0 Å². The van der Waals surface area contributed by atoms with E-state index in [0.29, 0.717) is 17.0 Å². The molecule has 6 nitrogen and oxygen atoms in total. The zero-order chi connectivity index (χ0) is 37.6. The van der Waals surface area contributed by atoms with Crippen LogP contribution in [0.5, 0.6) is 0 Å². The summed E-state index contributed by atoms with van der Waals surface area (Å²) in [5, 5.41) is 18.4. The second-order valence-corrected chi connectivity index (χ2v) is 14.4. The molecule has 0 N–H and O–H groups in total. The Morgan fingerprint density at radius 3 is 1.84 bits per heavy atom. The topological polar surface area (TPSA) is 72.6 Å². The van der Waals surface area contributed by atoms with Crippen molar-refractivity contribution in [2.75, 3.05) is 0 Å². The van der Waals surface area contributed by atoms with Crippen LogP contribution in [-0.2, 0) is 0 Å². The van der Waals surface area contributed by atoms with Gasteiger partial charge < -0.3 is 13.6 Å². The molecule has 6 heteroatoms. The highest BCUT2D eigenvalue weighted by Crippen LogP contribution is 2.49. The highest BCUT2D eigenvalue weighted by atomic mass is 16.3. The Kier molecular flexibility index (Phi) is 6.60. The molecular formula is C51H29N5O. The van der Waals surface area contributed by atoms with Gasteiger partial charge in [0.15, 0.2) is 5.82 Å². The molecule has 12 aromatic rings. The molecule has 0 radical (unpaired) electrons. The number of hydrogen-bond acceptors (Lipinski definition) is 4. The molecule has 0 aliphatic carbocycles. The average molecular weight is 728 g/mol. The fraction of sp³-hybridized carbons (Fsp3) is 0. The summed E-state index contributed by atoms with van der Waals surface area (Å²) in [4.78, 5) is 10.1. The molecule has 0 saturated heterocycles. The molecule has 0 atom stereocenters. The van der Waals surface area contributed by atoms with Crippen molar-refractivity contribution in [3.63, 3.8) is 0 Å². The molecule has 12 rings (SSSR count). The molecule has 0 spiro atoms. The van der Waals surface area contributed by atoms with Gasteiger partial charge in [0, 0.05) is 54.8 Å². The maximum atomic E-state index is 10.9. The summed E-state index contributed by atoms with van der Waals surface area (Å²) in [5.74, 6) is 0.510. The predicted molar refractivity (Wildman–Crippen MR) is 231 cm³/mol. The Bertz CT molecular complexity index is 3640. The standard InChI is InChI=1S/C51H29N5O/c52-30-32-29-34(27-28-35(32)51-53-40-23-11-7-19-36(40)47(54-51)31-15-3-1-4-16-31)56-41-24-12-8-20-37(41)44-45-39-22-10-14-26-43(39)57-50(45)46-38-21-9-13-25-42(38)55(49(46)48(44)56)33-17-5-2-6-18-33/h1-29H. The number of nitriles is 1. The molecular weight excluding hydrogens is 699 g/mol. The van der Waals surface area contributed by atoms with Crippen LogP contribution in [0.4, 0.5) is 0 Å². The molecule has 57 heavy (non-hydrogen) atoms. The predicted octanol–water partition coefficient (Wildman–Crippen LogP) is 12.9. The van der Waals surface area contributed by atoms with Gasteiger partial charge in [-0.3, -0.25) is 0 Å². The summed E-state index contributed by atoms with van der Waals surface area (Å²) in [6.45, 7) is 0. The summed E-state index contributed by atoms with van der Waals surface area (Å²) >= 11 is 0.